The van der Waals surface area contributed by atoms with Gasteiger partial charge in [-0.1, -0.05) is 0 Å². The molecular formula is C21H23F3N6O. The molecule has 0 saturated carbocycles. The van der Waals surface area contributed by atoms with E-state index < -0.39 is 12.1 Å². The predicted octanol–water partition coefficient (Wildman–Crippen LogP) is 3.89. The number of nitrogens with one attached hydrogen (secondary N) is 1. The Kier molecular flexibility index (Phi) is 4.86. The van der Waals surface area contributed by atoms with Crippen molar-refractivity contribution in [3.63, 3.8) is 0 Å². The maximum Gasteiger partial charge on any atom is 0.391 e. The zero-order valence-electron chi connectivity index (χ0n) is 16.8. The molecule has 1 unspecified atom stereocenters. The van der Waals surface area contributed by atoms with Gasteiger partial charge in [-0.15, -0.1) is 0 Å². The van der Waals surface area contributed by atoms with Crippen molar-refractivity contribution in [2.75, 3.05) is 46.2 Å². The average molecular weight is 432 g/mol. The molecule has 164 valence electrons. The summed E-state index contributed by atoms with van der Waals surface area (Å²) in [5, 5.41) is 2.88. The highest BCUT2D eigenvalue weighted by molar-refractivity contribution is 6.04. The van der Waals surface area contributed by atoms with E-state index in [1.807, 2.05) is 17.0 Å². The molecule has 2 fully saturated rings. The van der Waals surface area contributed by atoms with E-state index in [9.17, 15) is 18.0 Å². The molecular weight excluding hydrogens is 409 g/mol. The van der Waals surface area contributed by atoms with Crippen LogP contribution in [0.1, 0.15) is 19.3 Å². The number of aromatic nitrogens is 2. The van der Waals surface area contributed by atoms with Crippen molar-refractivity contribution >= 4 is 29.0 Å². The van der Waals surface area contributed by atoms with Crippen molar-refractivity contribution in [2.45, 2.75) is 31.5 Å². The number of carbonyl (C=O) groups is 1. The first-order valence-corrected chi connectivity index (χ1v) is 10.5. The maximum atomic E-state index is 13.1. The zero-order chi connectivity index (χ0) is 21.6. The standard InChI is InChI=1S/C21H23F3N6O/c22-21(23,24)14-5-9-28(10-6-14)18-4-3-17-19(27-18)30(16-7-11-29(17)13-16)20(31)26-15-2-1-8-25-12-15/h1-4,8,12,14,16H,5-7,9-11,13H2,(H,26,31). The van der Waals surface area contributed by atoms with Gasteiger partial charge in [-0.2, -0.15) is 13.2 Å². The Balaban J connectivity index is 1.40. The van der Waals surface area contributed by atoms with Crippen LogP contribution in [0.2, 0.25) is 0 Å². The first kappa shape index (κ1) is 19.9. The van der Waals surface area contributed by atoms with Gasteiger partial charge in [0.25, 0.3) is 0 Å². The van der Waals surface area contributed by atoms with Crippen LogP contribution < -0.4 is 20.0 Å². The first-order valence-electron chi connectivity index (χ1n) is 10.5. The second-order valence-corrected chi connectivity index (χ2v) is 8.25. The number of pyridine rings is 2. The third-order valence-electron chi connectivity index (χ3n) is 6.35. The molecule has 1 N–H and O–H groups in total. The van der Waals surface area contributed by atoms with E-state index in [-0.39, 0.29) is 24.9 Å². The van der Waals surface area contributed by atoms with E-state index >= 15 is 0 Å². The van der Waals surface area contributed by atoms with Gasteiger partial charge in [-0.25, -0.2) is 9.78 Å². The van der Waals surface area contributed by atoms with E-state index in [1.165, 1.54) is 0 Å². The fraction of sp³-hybridized carbons (Fsp3) is 0.476. The molecule has 10 heteroatoms. The summed E-state index contributed by atoms with van der Waals surface area (Å²) >= 11 is 0. The summed E-state index contributed by atoms with van der Waals surface area (Å²) in [6, 6.07) is 7.02. The molecule has 1 atom stereocenters. The minimum Gasteiger partial charge on any atom is -0.366 e. The van der Waals surface area contributed by atoms with Gasteiger partial charge in [0.15, 0.2) is 5.82 Å². The molecule has 5 heterocycles. The van der Waals surface area contributed by atoms with Gasteiger partial charge in [-0.3, -0.25) is 9.88 Å². The molecule has 2 saturated heterocycles. The number of rotatable bonds is 2. The Morgan fingerprint density at radius 1 is 1.06 bits per heavy atom. The molecule has 3 aliphatic heterocycles. The lowest BCUT2D eigenvalue weighted by molar-refractivity contribution is -0.179. The molecule has 0 radical (unpaired) electrons. The van der Waals surface area contributed by atoms with E-state index in [0.717, 1.165) is 25.2 Å². The van der Waals surface area contributed by atoms with Crippen molar-refractivity contribution in [3.8, 4) is 0 Å². The monoisotopic (exact) mass is 432 g/mol. The fourth-order valence-electron chi connectivity index (χ4n) is 4.69. The van der Waals surface area contributed by atoms with E-state index in [0.29, 0.717) is 30.4 Å². The third kappa shape index (κ3) is 3.75. The van der Waals surface area contributed by atoms with Crippen LogP contribution in [-0.2, 0) is 0 Å². The molecule has 7 nitrogen and oxygen atoms in total. The van der Waals surface area contributed by atoms with E-state index in [2.05, 4.69) is 15.2 Å². The number of alkyl halides is 3. The second-order valence-electron chi connectivity index (χ2n) is 8.25. The summed E-state index contributed by atoms with van der Waals surface area (Å²) in [6.07, 6.45) is 0.0193. The quantitative estimate of drug-likeness (QED) is 0.780. The summed E-state index contributed by atoms with van der Waals surface area (Å²) in [5.41, 5.74) is 1.48. The number of nitrogens with zero attached hydrogens (tertiary/aromatic N) is 5. The van der Waals surface area contributed by atoms with Crippen LogP contribution in [0.5, 0.6) is 0 Å². The van der Waals surface area contributed by atoms with Gasteiger partial charge in [0.05, 0.1) is 29.5 Å². The van der Waals surface area contributed by atoms with Crippen LogP contribution in [0.15, 0.2) is 36.7 Å². The highest BCUT2D eigenvalue weighted by Crippen LogP contribution is 2.41. The Hall–Kier alpha value is -3.04. The molecule has 0 aromatic carbocycles. The summed E-state index contributed by atoms with van der Waals surface area (Å²) in [6.45, 7) is 2.17. The summed E-state index contributed by atoms with van der Waals surface area (Å²) in [5.74, 6) is -0.0864. The lowest BCUT2D eigenvalue weighted by Gasteiger charge is -2.38. The van der Waals surface area contributed by atoms with Gasteiger partial charge < -0.3 is 15.1 Å². The van der Waals surface area contributed by atoms with Crippen molar-refractivity contribution in [1.82, 2.24) is 9.97 Å². The third-order valence-corrected chi connectivity index (χ3v) is 6.35. The Morgan fingerprint density at radius 2 is 1.84 bits per heavy atom. The number of piperidine rings is 1. The topological polar surface area (TPSA) is 64.6 Å². The van der Waals surface area contributed by atoms with Gasteiger partial charge in [0, 0.05) is 32.4 Å². The molecule has 3 aliphatic rings. The number of anilines is 4. The van der Waals surface area contributed by atoms with Gasteiger partial charge in [0.2, 0.25) is 0 Å². The summed E-state index contributed by atoms with van der Waals surface area (Å²) in [7, 11) is 0. The first-order chi connectivity index (χ1) is 14.9. The van der Waals surface area contributed by atoms with Crippen molar-refractivity contribution < 1.29 is 18.0 Å². The van der Waals surface area contributed by atoms with Crippen LogP contribution in [0, 0.1) is 5.92 Å². The molecule has 5 rings (SSSR count). The van der Waals surface area contributed by atoms with Crippen LogP contribution in [0.4, 0.5) is 41.0 Å². The average Bonchev–Trinajstić information content (AvgIpc) is 3.18. The summed E-state index contributed by atoms with van der Waals surface area (Å²) < 4.78 is 39.0. The number of amides is 2. The highest BCUT2D eigenvalue weighted by Gasteiger charge is 2.43. The Labute approximate surface area is 177 Å². The zero-order valence-corrected chi connectivity index (χ0v) is 16.8. The van der Waals surface area contributed by atoms with Gasteiger partial charge in [0.1, 0.15) is 5.82 Å². The normalized spacial score (nSPS) is 21.3. The van der Waals surface area contributed by atoms with Crippen molar-refractivity contribution in [1.29, 1.82) is 0 Å². The van der Waals surface area contributed by atoms with E-state index in [4.69, 9.17) is 4.98 Å². The number of urea groups is 1. The second kappa shape index (κ2) is 7.58. The van der Waals surface area contributed by atoms with Crippen LogP contribution in [-0.4, -0.2) is 54.4 Å². The number of fused-ring (bicyclic) bond motifs is 4. The van der Waals surface area contributed by atoms with Gasteiger partial charge in [-0.05, 0) is 43.5 Å². The van der Waals surface area contributed by atoms with Crippen LogP contribution >= 0.6 is 0 Å². The predicted molar refractivity (Wildman–Crippen MR) is 112 cm³/mol. The molecule has 2 amide bonds. The van der Waals surface area contributed by atoms with Crippen LogP contribution in [0.25, 0.3) is 0 Å². The molecule has 2 bridgehead atoms. The van der Waals surface area contributed by atoms with Crippen LogP contribution in [0.3, 0.4) is 0 Å². The molecule has 0 spiro atoms. The molecule has 2 aromatic heterocycles. The minimum atomic E-state index is -4.15. The smallest absolute Gasteiger partial charge is 0.366 e. The van der Waals surface area contributed by atoms with Crippen molar-refractivity contribution in [2.24, 2.45) is 5.92 Å². The maximum absolute atomic E-state index is 13.1. The SMILES string of the molecule is O=C(Nc1cccnc1)N1c2nc(N3CCC(C(F)(F)F)CC3)ccc2N2CCC1C2. The lowest BCUT2D eigenvalue weighted by atomic mass is 9.96. The largest absolute Gasteiger partial charge is 0.391 e. The van der Waals surface area contributed by atoms with E-state index in [1.54, 1.807) is 29.4 Å². The number of halogens is 3. The van der Waals surface area contributed by atoms with Gasteiger partial charge >= 0.3 is 12.2 Å². The molecule has 31 heavy (non-hydrogen) atoms. The number of hydrogen-bond acceptors (Lipinski definition) is 5. The molecule has 2 aromatic rings. The fourth-order valence-corrected chi connectivity index (χ4v) is 4.69. The van der Waals surface area contributed by atoms with Crippen molar-refractivity contribution in [3.05, 3.63) is 36.7 Å². The lowest BCUT2D eigenvalue weighted by Crippen LogP contribution is -2.48. The minimum absolute atomic E-state index is 0.00267. The Bertz CT molecular complexity index is 961. The number of carbonyl (C=O) groups excluding carboxylic acids is 1. The highest BCUT2D eigenvalue weighted by atomic mass is 19.4. The number of hydrogen-bond donors (Lipinski definition) is 1. The molecule has 0 aliphatic carbocycles. The summed E-state index contributed by atoms with van der Waals surface area (Å²) in [4.78, 5) is 27.7. The Morgan fingerprint density at radius 3 is 2.55 bits per heavy atom.